The maximum atomic E-state index is 14.0. The minimum absolute atomic E-state index is 0.00883. The van der Waals surface area contributed by atoms with Gasteiger partial charge in [0.1, 0.15) is 6.04 Å². The number of hydrogen-bond acceptors (Lipinski definition) is 6. The summed E-state index contributed by atoms with van der Waals surface area (Å²) < 4.78 is 0. The van der Waals surface area contributed by atoms with Crippen molar-refractivity contribution < 1.29 is 9.59 Å². The number of allylic oxidation sites excluding steroid dienone is 5. The zero-order valence-corrected chi connectivity index (χ0v) is 22.3. The first kappa shape index (κ1) is 25.5. The molecule has 3 heterocycles. The number of amides is 2. The van der Waals surface area contributed by atoms with Crippen molar-refractivity contribution in [2.24, 2.45) is 27.7 Å². The molecule has 0 aromatic rings. The van der Waals surface area contributed by atoms with E-state index in [0.29, 0.717) is 5.92 Å². The Bertz CT molecular complexity index is 996. The summed E-state index contributed by atoms with van der Waals surface area (Å²) in [5.41, 5.74) is 1.13. The number of aliphatic imine (C=N–C) groups is 2. The molecule has 2 N–H and O–H groups in total. The molecule has 1 saturated heterocycles. The quantitative estimate of drug-likeness (QED) is 0.550. The number of hydrogen-bond donors (Lipinski definition) is 2. The molecule has 0 aromatic carbocycles. The number of thioether (sulfide) groups is 1. The van der Waals surface area contributed by atoms with E-state index in [1.54, 1.807) is 18.8 Å². The van der Waals surface area contributed by atoms with Crippen LogP contribution in [0.1, 0.15) is 51.9 Å². The van der Waals surface area contributed by atoms with E-state index in [4.69, 9.17) is 9.98 Å². The van der Waals surface area contributed by atoms with Crippen molar-refractivity contribution >= 4 is 34.3 Å². The number of likely N-dealkylation sites (N-methyl/N-ethyl adjacent to an activating group) is 1. The van der Waals surface area contributed by atoms with Crippen LogP contribution >= 0.6 is 11.8 Å². The highest BCUT2D eigenvalue weighted by Crippen LogP contribution is 2.35. The Hall–Kier alpha value is -2.19. The molecule has 194 valence electrons. The highest BCUT2D eigenvalue weighted by molar-refractivity contribution is 8.14. The molecular formula is C28H39N5O2S. The summed E-state index contributed by atoms with van der Waals surface area (Å²) >= 11 is 1.78. The number of carbonyl (C=O) groups excluding carboxylic acids is 2. The summed E-state index contributed by atoms with van der Waals surface area (Å²) in [5, 5.41) is 7.21. The molecule has 1 saturated carbocycles. The van der Waals surface area contributed by atoms with Gasteiger partial charge in [-0.25, -0.2) is 0 Å². The molecule has 0 bridgehead atoms. The van der Waals surface area contributed by atoms with Crippen LogP contribution in [-0.2, 0) is 9.59 Å². The van der Waals surface area contributed by atoms with Crippen molar-refractivity contribution in [3.8, 4) is 0 Å². The van der Waals surface area contributed by atoms with E-state index in [0.717, 1.165) is 61.6 Å². The zero-order chi connectivity index (χ0) is 25.1. The Kier molecular flexibility index (Phi) is 8.11. The van der Waals surface area contributed by atoms with Crippen molar-refractivity contribution in [1.29, 1.82) is 0 Å². The number of fused-ring (bicyclic) bond motifs is 1. The predicted molar refractivity (Wildman–Crippen MR) is 147 cm³/mol. The third-order valence-electron chi connectivity index (χ3n) is 8.40. The fraction of sp³-hybridized carbons (Fsp3) is 0.643. The Balaban J connectivity index is 1.33. The van der Waals surface area contributed by atoms with Gasteiger partial charge < -0.3 is 15.5 Å². The molecule has 2 fully saturated rings. The fourth-order valence-electron chi connectivity index (χ4n) is 6.18. The van der Waals surface area contributed by atoms with Crippen LogP contribution < -0.4 is 10.6 Å². The van der Waals surface area contributed by atoms with Crippen LogP contribution in [0.25, 0.3) is 0 Å². The fourth-order valence-corrected chi connectivity index (χ4v) is 7.39. The van der Waals surface area contributed by atoms with Crippen LogP contribution in [0.5, 0.6) is 0 Å². The molecule has 36 heavy (non-hydrogen) atoms. The van der Waals surface area contributed by atoms with E-state index in [1.165, 1.54) is 6.42 Å². The largest absolute Gasteiger partial charge is 0.343 e. The molecule has 5 aliphatic rings. The molecular weight excluding hydrogens is 470 g/mol. The van der Waals surface area contributed by atoms with E-state index in [2.05, 4.69) is 41.0 Å². The number of likely N-dealkylation sites (tertiary alicyclic amines) is 1. The summed E-state index contributed by atoms with van der Waals surface area (Å²) in [6, 6.07) is -0.715. The van der Waals surface area contributed by atoms with Crippen molar-refractivity contribution in [2.45, 2.75) is 76.0 Å². The standard InChI is InChI=1S/C28H39N5O2S/c1-18(29-2)26(34)32-24(20-10-4-3-5-11-20)28(35)33-16-8-13-23(33)27-31-22(17-36-27)25-21-12-7-6-9-19(21)14-15-30-25/h6-7,9,12,14-15,18-24,29H,3-5,8,10-11,13,16-17H2,1-2H3,(H,32,34)/t18-,19?,21?,22?,23?,24?/m0/s1. The molecule has 6 atom stereocenters. The highest BCUT2D eigenvalue weighted by atomic mass is 32.2. The highest BCUT2D eigenvalue weighted by Gasteiger charge is 2.42. The van der Waals surface area contributed by atoms with Gasteiger partial charge in [0.05, 0.1) is 28.9 Å². The minimum atomic E-state index is -0.454. The Morgan fingerprint density at radius 2 is 1.89 bits per heavy atom. The first-order valence-electron chi connectivity index (χ1n) is 13.6. The Labute approximate surface area is 219 Å². The maximum absolute atomic E-state index is 14.0. The van der Waals surface area contributed by atoms with Crippen molar-refractivity contribution in [3.63, 3.8) is 0 Å². The third-order valence-corrected chi connectivity index (χ3v) is 9.55. The van der Waals surface area contributed by atoms with E-state index in [1.807, 2.05) is 18.0 Å². The molecule has 2 aliphatic carbocycles. The molecule has 8 heteroatoms. The molecule has 0 aromatic heterocycles. The lowest BCUT2D eigenvalue weighted by atomic mass is 9.81. The number of carbonyl (C=O) groups is 2. The van der Waals surface area contributed by atoms with E-state index < -0.39 is 6.04 Å². The second-order valence-corrected chi connectivity index (χ2v) is 11.7. The van der Waals surface area contributed by atoms with Gasteiger partial charge in [-0.3, -0.25) is 19.6 Å². The van der Waals surface area contributed by atoms with Crippen molar-refractivity contribution in [3.05, 3.63) is 36.6 Å². The zero-order valence-electron chi connectivity index (χ0n) is 21.4. The predicted octanol–water partition coefficient (Wildman–Crippen LogP) is 3.49. The summed E-state index contributed by atoms with van der Waals surface area (Å²) in [6.07, 6.45) is 20.1. The lowest BCUT2D eigenvalue weighted by Gasteiger charge is -2.35. The average Bonchev–Trinajstić information content (AvgIpc) is 3.61. The molecule has 2 amide bonds. The first-order chi connectivity index (χ1) is 17.6. The molecule has 5 rings (SSSR count). The second-order valence-electron chi connectivity index (χ2n) is 10.6. The Morgan fingerprint density at radius 1 is 1.08 bits per heavy atom. The number of nitrogens with zero attached hydrogens (tertiary/aromatic N) is 3. The second kappa shape index (κ2) is 11.5. The van der Waals surface area contributed by atoms with Crippen molar-refractivity contribution in [1.82, 2.24) is 15.5 Å². The van der Waals surface area contributed by atoms with Crippen LogP contribution in [0, 0.1) is 17.8 Å². The molecule has 0 spiro atoms. The van der Waals surface area contributed by atoms with Crippen LogP contribution in [0.4, 0.5) is 0 Å². The summed E-state index contributed by atoms with van der Waals surface area (Å²) in [7, 11) is 1.78. The lowest BCUT2D eigenvalue weighted by molar-refractivity contribution is -0.138. The molecule has 7 nitrogen and oxygen atoms in total. The number of nitrogens with one attached hydrogen (secondary N) is 2. The van der Waals surface area contributed by atoms with Gasteiger partial charge in [-0.1, -0.05) is 49.6 Å². The molecule has 5 unspecified atom stereocenters. The normalized spacial score (nSPS) is 31.6. The van der Waals surface area contributed by atoms with Gasteiger partial charge in [0.25, 0.3) is 0 Å². The topological polar surface area (TPSA) is 86.2 Å². The van der Waals surface area contributed by atoms with E-state index in [-0.39, 0.29) is 41.8 Å². The van der Waals surface area contributed by atoms with Gasteiger partial charge in [0.15, 0.2) is 0 Å². The van der Waals surface area contributed by atoms with Crippen LogP contribution in [0.2, 0.25) is 0 Å². The van der Waals surface area contributed by atoms with Gasteiger partial charge in [-0.15, -0.1) is 11.8 Å². The van der Waals surface area contributed by atoms with Gasteiger partial charge in [-0.05, 0) is 45.6 Å². The first-order valence-corrected chi connectivity index (χ1v) is 14.6. The lowest BCUT2D eigenvalue weighted by Crippen LogP contribution is -2.57. The summed E-state index contributed by atoms with van der Waals surface area (Å²) in [5.74, 6) is 1.69. The van der Waals surface area contributed by atoms with E-state index >= 15 is 0 Å². The summed E-state index contributed by atoms with van der Waals surface area (Å²) in [6.45, 7) is 2.57. The van der Waals surface area contributed by atoms with Gasteiger partial charge in [0.2, 0.25) is 11.8 Å². The number of rotatable bonds is 7. The van der Waals surface area contributed by atoms with Crippen molar-refractivity contribution in [2.75, 3.05) is 19.3 Å². The van der Waals surface area contributed by atoms with Gasteiger partial charge in [0, 0.05) is 30.3 Å². The summed E-state index contributed by atoms with van der Waals surface area (Å²) in [4.78, 5) is 38.8. The third kappa shape index (κ3) is 5.25. The SMILES string of the molecule is CN[C@@H](C)C(=O)NC(C(=O)N1CCCC1C1=NC(C2=NC=CC3C=CC=CC23)CS1)C1CCCCC1. The monoisotopic (exact) mass is 509 g/mol. The average molecular weight is 510 g/mol. The van der Waals surface area contributed by atoms with Gasteiger partial charge in [-0.2, -0.15) is 0 Å². The van der Waals surface area contributed by atoms with Crippen LogP contribution in [-0.4, -0.2) is 71.0 Å². The van der Waals surface area contributed by atoms with Crippen LogP contribution in [0.3, 0.4) is 0 Å². The Morgan fingerprint density at radius 3 is 2.69 bits per heavy atom. The maximum Gasteiger partial charge on any atom is 0.246 e. The minimum Gasteiger partial charge on any atom is -0.343 e. The molecule has 0 radical (unpaired) electrons. The van der Waals surface area contributed by atoms with Crippen LogP contribution in [0.15, 0.2) is 46.6 Å². The van der Waals surface area contributed by atoms with E-state index in [9.17, 15) is 9.59 Å². The molecule has 3 aliphatic heterocycles. The smallest absolute Gasteiger partial charge is 0.246 e. The van der Waals surface area contributed by atoms with Gasteiger partial charge >= 0.3 is 0 Å².